The number of rotatable bonds is 18. The van der Waals surface area contributed by atoms with Crippen molar-refractivity contribution in [1.29, 1.82) is 0 Å². The molecule has 0 radical (unpaired) electrons. The van der Waals surface area contributed by atoms with Crippen molar-refractivity contribution in [3.63, 3.8) is 0 Å². The molecule has 0 bridgehead atoms. The lowest BCUT2D eigenvalue weighted by atomic mass is 9.91. The third kappa shape index (κ3) is 11.1. The summed E-state index contributed by atoms with van der Waals surface area (Å²) in [6.45, 7) is 15.3. The molecule has 2 N–H and O–H groups in total. The number of hydrogen-bond acceptors (Lipinski definition) is 8. The summed E-state index contributed by atoms with van der Waals surface area (Å²) in [4.78, 5) is 61.4. The van der Waals surface area contributed by atoms with Crippen LogP contribution in [-0.2, 0) is 19.1 Å². The van der Waals surface area contributed by atoms with E-state index in [0.29, 0.717) is 18.0 Å². The van der Waals surface area contributed by atoms with Gasteiger partial charge in [0.05, 0.1) is 18.7 Å². The zero-order valence-corrected chi connectivity index (χ0v) is 29.1. The molecule has 0 spiro atoms. The van der Waals surface area contributed by atoms with Crippen LogP contribution in [0.2, 0.25) is 0 Å². The molecule has 1 aliphatic rings. The number of hydrogen-bond donors (Lipinski definition) is 2. The van der Waals surface area contributed by atoms with Crippen LogP contribution in [0.4, 0.5) is 0 Å². The molecule has 1 aromatic rings. The van der Waals surface area contributed by atoms with E-state index in [2.05, 4.69) is 41.3 Å². The lowest BCUT2D eigenvalue weighted by Crippen LogP contribution is -2.59. The van der Waals surface area contributed by atoms with Gasteiger partial charge in [-0.1, -0.05) is 66.7 Å². The molecule has 250 valence electrons. The Balaban J connectivity index is 2.44. The Morgan fingerprint density at radius 1 is 1.09 bits per heavy atom. The second kappa shape index (κ2) is 19.1. The van der Waals surface area contributed by atoms with Crippen molar-refractivity contribution in [3.05, 3.63) is 16.1 Å². The van der Waals surface area contributed by atoms with Crippen molar-refractivity contribution in [1.82, 2.24) is 25.4 Å². The van der Waals surface area contributed by atoms with E-state index in [0.717, 1.165) is 57.9 Å². The zero-order valence-electron chi connectivity index (χ0n) is 28.3. The van der Waals surface area contributed by atoms with Crippen LogP contribution in [0.15, 0.2) is 5.38 Å². The number of likely N-dealkylation sites (N-methyl/N-ethyl adjacent to an activating group) is 1. The molecule has 0 aliphatic carbocycles. The van der Waals surface area contributed by atoms with Gasteiger partial charge in [0.15, 0.2) is 5.69 Å². The number of aromatic nitrogens is 1. The molecule has 1 aromatic heterocycles. The highest BCUT2D eigenvalue weighted by molar-refractivity contribution is 7.09. The van der Waals surface area contributed by atoms with Crippen molar-refractivity contribution in [2.45, 2.75) is 130 Å². The molecule has 1 aliphatic heterocycles. The van der Waals surface area contributed by atoms with E-state index in [4.69, 9.17) is 4.74 Å². The first-order valence-corrected chi connectivity index (χ1v) is 17.5. The van der Waals surface area contributed by atoms with Gasteiger partial charge in [-0.3, -0.25) is 19.3 Å². The number of likely N-dealkylation sites (tertiary alicyclic amines) is 1. The summed E-state index contributed by atoms with van der Waals surface area (Å²) < 4.78 is 5.12. The standard InChI is InChI=1S/C33H57N5O5S/c1-9-12-13-15-19-38(32(41)29(23(6)10-2)36-30(40)27-17-14-16-18-37(27)8)28(22(4)5)20-25(34-24(7)39)31-35-26(21-44-31)33(42)43-11-3/h21-23,25,27-29H,9-20H2,1-8H3,(H,34,39)(H,36,40)/t23-,25+,27+,28+,29-/m0/s1. The predicted octanol–water partition coefficient (Wildman–Crippen LogP) is 5.34. The maximum atomic E-state index is 14.6. The number of piperidine rings is 1. The highest BCUT2D eigenvalue weighted by Crippen LogP contribution is 2.29. The van der Waals surface area contributed by atoms with Gasteiger partial charge in [-0.05, 0) is 58.0 Å². The van der Waals surface area contributed by atoms with E-state index in [9.17, 15) is 19.2 Å². The summed E-state index contributed by atoms with van der Waals surface area (Å²) in [6, 6.07) is -1.61. The number of ether oxygens (including phenoxy) is 1. The molecule has 1 fully saturated rings. The first kappa shape index (κ1) is 37.7. The number of unbranched alkanes of at least 4 members (excludes halogenated alkanes) is 3. The largest absolute Gasteiger partial charge is 0.461 e. The van der Waals surface area contributed by atoms with Gasteiger partial charge < -0.3 is 20.3 Å². The van der Waals surface area contributed by atoms with Crippen molar-refractivity contribution in [2.24, 2.45) is 11.8 Å². The van der Waals surface area contributed by atoms with Gasteiger partial charge in [0, 0.05) is 24.9 Å². The molecule has 44 heavy (non-hydrogen) atoms. The van der Waals surface area contributed by atoms with Gasteiger partial charge in [0.2, 0.25) is 17.7 Å². The van der Waals surface area contributed by atoms with Gasteiger partial charge in [-0.25, -0.2) is 9.78 Å². The Kier molecular flexibility index (Phi) is 16.3. The highest BCUT2D eigenvalue weighted by atomic mass is 32.1. The van der Waals surface area contributed by atoms with Crippen LogP contribution in [0, 0.1) is 11.8 Å². The first-order valence-electron chi connectivity index (χ1n) is 16.7. The van der Waals surface area contributed by atoms with Gasteiger partial charge in [-0.15, -0.1) is 11.3 Å². The Morgan fingerprint density at radius 2 is 1.82 bits per heavy atom. The lowest BCUT2D eigenvalue weighted by molar-refractivity contribution is -0.142. The average Bonchev–Trinajstić information content (AvgIpc) is 3.48. The second-order valence-corrected chi connectivity index (χ2v) is 13.4. The summed E-state index contributed by atoms with van der Waals surface area (Å²) >= 11 is 1.30. The summed E-state index contributed by atoms with van der Waals surface area (Å²) in [5.41, 5.74) is 0.211. The number of esters is 1. The third-order valence-corrected chi connectivity index (χ3v) is 9.67. The van der Waals surface area contributed by atoms with Crippen LogP contribution < -0.4 is 10.6 Å². The average molecular weight is 636 g/mol. The fourth-order valence-corrected chi connectivity index (χ4v) is 6.73. The molecular weight excluding hydrogens is 578 g/mol. The van der Waals surface area contributed by atoms with Gasteiger partial charge in [0.1, 0.15) is 11.0 Å². The number of carbonyl (C=O) groups excluding carboxylic acids is 4. The van der Waals surface area contributed by atoms with Crippen LogP contribution in [0.5, 0.6) is 0 Å². The molecule has 0 unspecified atom stereocenters. The molecule has 3 amide bonds. The number of nitrogens with one attached hydrogen (secondary N) is 2. The third-order valence-electron chi connectivity index (χ3n) is 8.71. The monoisotopic (exact) mass is 635 g/mol. The van der Waals surface area contributed by atoms with E-state index in [1.54, 1.807) is 12.3 Å². The number of thiazole rings is 1. The minimum absolute atomic E-state index is 0.0523. The van der Waals surface area contributed by atoms with E-state index >= 15 is 0 Å². The first-order chi connectivity index (χ1) is 20.9. The minimum atomic E-state index is -0.648. The van der Waals surface area contributed by atoms with Crippen molar-refractivity contribution in [3.8, 4) is 0 Å². The maximum absolute atomic E-state index is 14.6. The summed E-state index contributed by atoms with van der Waals surface area (Å²) in [5, 5.41) is 8.45. The molecule has 0 saturated carbocycles. The van der Waals surface area contributed by atoms with Crippen molar-refractivity contribution >= 4 is 35.0 Å². The molecule has 11 heteroatoms. The van der Waals surface area contributed by atoms with Crippen LogP contribution >= 0.6 is 11.3 Å². The molecule has 5 atom stereocenters. The Labute approximate surface area is 269 Å². The van der Waals surface area contributed by atoms with Crippen LogP contribution in [0.25, 0.3) is 0 Å². The Bertz CT molecular complexity index is 1060. The molecule has 10 nitrogen and oxygen atoms in total. The molecule has 1 saturated heterocycles. The minimum Gasteiger partial charge on any atom is -0.461 e. The molecule has 2 heterocycles. The van der Waals surface area contributed by atoms with E-state index in [1.165, 1.54) is 18.3 Å². The van der Waals surface area contributed by atoms with Crippen molar-refractivity contribution < 1.29 is 23.9 Å². The van der Waals surface area contributed by atoms with E-state index in [1.807, 2.05) is 25.8 Å². The zero-order chi connectivity index (χ0) is 32.8. The second-order valence-electron chi connectivity index (χ2n) is 12.5. The summed E-state index contributed by atoms with van der Waals surface area (Å²) in [6.07, 6.45) is 8.06. The maximum Gasteiger partial charge on any atom is 0.357 e. The lowest BCUT2D eigenvalue weighted by Gasteiger charge is -2.40. The fraction of sp³-hybridized carbons (Fsp3) is 0.788. The predicted molar refractivity (Wildman–Crippen MR) is 175 cm³/mol. The molecular formula is C33H57N5O5S. The van der Waals surface area contributed by atoms with Crippen molar-refractivity contribution in [2.75, 3.05) is 26.7 Å². The highest BCUT2D eigenvalue weighted by Gasteiger charge is 2.38. The van der Waals surface area contributed by atoms with E-state index in [-0.39, 0.29) is 53.9 Å². The number of carbonyl (C=O) groups is 4. The van der Waals surface area contributed by atoms with Crippen LogP contribution in [0.3, 0.4) is 0 Å². The van der Waals surface area contributed by atoms with E-state index < -0.39 is 18.1 Å². The summed E-state index contributed by atoms with van der Waals surface area (Å²) in [7, 11) is 1.98. The quantitative estimate of drug-likeness (QED) is 0.165. The van der Waals surface area contributed by atoms with Gasteiger partial charge >= 0.3 is 5.97 Å². The fourth-order valence-electron chi connectivity index (χ4n) is 5.88. The topological polar surface area (TPSA) is 121 Å². The Hall–Kier alpha value is -2.53. The number of nitrogens with zero attached hydrogens (tertiary/aromatic N) is 3. The SMILES string of the molecule is CCCCCCN(C(=O)[C@@H](NC(=O)[C@H]1CCCCN1C)[C@@H](C)CC)[C@H](C[C@@H](NC(C)=O)c1nc(C(=O)OCC)cs1)C(C)C. The molecule has 0 aromatic carbocycles. The normalized spacial score (nSPS) is 18.2. The smallest absolute Gasteiger partial charge is 0.357 e. The van der Waals surface area contributed by atoms with Crippen LogP contribution in [-0.4, -0.2) is 83.3 Å². The van der Waals surface area contributed by atoms with Crippen LogP contribution in [0.1, 0.15) is 128 Å². The Morgan fingerprint density at radius 3 is 2.41 bits per heavy atom. The molecule has 2 rings (SSSR count). The summed E-state index contributed by atoms with van der Waals surface area (Å²) in [5.74, 6) is -0.863. The van der Waals surface area contributed by atoms with Gasteiger partial charge in [0.25, 0.3) is 0 Å². The van der Waals surface area contributed by atoms with Gasteiger partial charge in [-0.2, -0.15) is 0 Å². The number of amides is 3.